The Labute approximate surface area is 121 Å². The van der Waals surface area contributed by atoms with Gasteiger partial charge in [0.05, 0.1) is 17.7 Å². The number of Topliss-reactive ketones (excluding diaryl/α,β-unsaturated/α-hetero) is 1. The number of rotatable bonds is 6. The van der Waals surface area contributed by atoms with E-state index >= 15 is 0 Å². The lowest BCUT2D eigenvalue weighted by Crippen LogP contribution is -2.10. The molecule has 0 aliphatic carbocycles. The van der Waals surface area contributed by atoms with Crippen LogP contribution in [-0.2, 0) is 6.42 Å². The number of carbonyl (C=O) groups is 1. The molecule has 0 saturated carbocycles. The van der Waals surface area contributed by atoms with Crippen LogP contribution in [0.5, 0.6) is 5.75 Å². The summed E-state index contributed by atoms with van der Waals surface area (Å²) in [5, 5.41) is 4.27. The maximum absolute atomic E-state index is 12.3. The number of para-hydroxylation sites is 1. The fourth-order valence-corrected chi connectivity index (χ4v) is 1.91. The molecule has 0 radical (unpaired) electrons. The SMILES string of the molecule is CC(C)n1ccc(CC(=O)c2ccccc2OC(F)F)n1. The van der Waals surface area contributed by atoms with Gasteiger partial charge in [-0.05, 0) is 32.0 Å². The second kappa shape index (κ2) is 6.47. The third kappa shape index (κ3) is 3.87. The molecule has 21 heavy (non-hydrogen) atoms. The smallest absolute Gasteiger partial charge is 0.387 e. The molecule has 1 aromatic heterocycles. The van der Waals surface area contributed by atoms with Crippen molar-refractivity contribution in [2.75, 3.05) is 0 Å². The van der Waals surface area contributed by atoms with E-state index in [9.17, 15) is 13.6 Å². The Kier molecular flexibility index (Phi) is 4.67. The van der Waals surface area contributed by atoms with Crippen molar-refractivity contribution in [3.8, 4) is 5.75 Å². The van der Waals surface area contributed by atoms with Crippen LogP contribution in [0.3, 0.4) is 0 Å². The first-order valence-electron chi connectivity index (χ1n) is 6.58. The predicted molar refractivity (Wildman–Crippen MR) is 73.7 cm³/mol. The van der Waals surface area contributed by atoms with Crippen LogP contribution >= 0.6 is 0 Å². The molecule has 0 unspecified atom stereocenters. The van der Waals surface area contributed by atoms with Crippen molar-refractivity contribution in [1.82, 2.24) is 9.78 Å². The number of carbonyl (C=O) groups excluding carboxylic acids is 1. The lowest BCUT2D eigenvalue weighted by atomic mass is 10.1. The first-order valence-corrected chi connectivity index (χ1v) is 6.58. The van der Waals surface area contributed by atoms with Gasteiger partial charge in [-0.25, -0.2) is 0 Å². The minimum atomic E-state index is -2.96. The molecule has 0 aliphatic rings. The summed E-state index contributed by atoms with van der Waals surface area (Å²) in [5.41, 5.74) is 0.734. The van der Waals surface area contributed by atoms with Gasteiger partial charge in [-0.15, -0.1) is 0 Å². The Morgan fingerprint density at radius 1 is 1.29 bits per heavy atom. The van der Waals surface area contributed by atoms with E-state index in [1.54, 1.807) is 29.1 Å². The highest BCUT2D eigenvalue weighted by molar-refractivity contribution is 5.99. The van der Waals surface area contributed by atoms with Gasteiger partial charge in [0.2, 0.25) is 0 Å². The molecule has 0 N–H and O–H groups in total. The van der Waals surface area contributed by atoms with Crippen LogP contribution in [0.1, 0.15) is 35.9 Å². The highest BCUT2D eigenvalue weighted by Crippen LogP contribution is 2.22. The number of ether oxygens (including phenoxy) is 1. The standard InChI is InChI=1S/C15H16F2N2O2/c1-10(2)19-8-7-11(18-19)9-13(20)12-5-3-4-6-14(12)21-15(16)17/h3-8,10,15H,9H2,1-2H3. The molecule has 2 rings (SSSR count). The zero-order chi connectivity index (χ0) is 15.4. The van der Waals surface area contributed by atoms with Crippen molar-refractivity contribution < 1.29 is 18.3 Å². The molecule has 0 spiro atoms. The fourth-order valence-electron chi connectivity index (χ4n) is 1.91. The maximum Gasteiger partial charge on any atom is 0.387 e. The Morgan fingerprint density at radius 3 is 2.62 bits per heavy atom. The average molecular weight is 294 g/mol. The first kappa shape index (κ1) is 15.2. The summed E-state index contributed by atoms with van der Waals surface area (Å²) >= 11 is 0. The van der Waals surface area contributed by atoms with Crippen molar-refractivity contribution in [3.63, 3.8) is 0 Å². The largest absolute Gasteiger partial charge is 0.434 e. The summed E-state index contributed by atoms with van der Waals surface area (Å²) in [6.45, 7) is 0.994. The number of hydrogen-bond acceptors (Lipinski definition) is 3. The number of hydrogen-bond donors (Lipinski definition) is 0. The van der Waals surface area contributed by atoms with Gasteiger partial charge in [-0.3, -0.25) is 9.48 Å². The number of nitrogens with zero attached hydrogens (tertiary/aromatic N) is 2. The van der Waals surface area contributed by atoms with Gasteiger partial charge in [-0.1, -0.05) is 12.1 Å². The van der Waals surface area contributed by atoms with E-state index in [4.69, 9.17) is 0 Å². The number of halogens is 2. The molecule has 1 heterocycles. The molecule has 0 bridgehead atoms. The van der Waals surface area contributed by atoms with Crippen molar-refractivity contribution in [1.29, 1.82) is 0 Å². The molecule has 0 fully saturated rings. The number of aromatic nitrogens is 2. The average Bonchev–Trinajstić information content (AvgIpc) is 2.87. The van der Waals surface area contributed by atoms with Gasteiger partial charge in [0.15, 0.2) is 5.78 Å². The normalized spacial score (nSPS) is 11.1. The van der Waals surface area contributed by atoms with E-state index in [2.05, 4.69) is 9.84 Å². The topological polar surface area (TPSA) is 44.1 Å². The van der Waals surface area contributed by atoms with Gasteiger partial charge < -0.3 is 4.74 Å². The number of ketones is 1. The van der Waals surface area contributed by atoms with Crippen LogP contribution in [0.2, 0.25) is 0 Å². The molecule has 0 amide bonds. The van der Waals surface area contributed by atoms with Gasteiger partial charge in [0, 0.05) is 12.2 Å². The van der Waals surface area contributed by atoms with Crippen LogP contribution in [0.4, 0.5) is 8.78 Å². The Hall–Kier alpha value is -2.24. The molecular weight excluding hydrogens is 278 g/mol. The molecule has 6 heteroatoms. The minimum absolute atomic E-state index is 0.0450. The van der Waals surface area contributed by atoms with E-state index in [1.165, 1.54) is 12.1 Å². The van der Waals surface area contributed by atoms with Crippen LogP contribution in [0.25, 0.3) is 0 Å². The molecule has 0 saturated heterocycles. The molecule has 112 valence electrons. The van der Waals surface area contributed by atoms with Gasteiger partial charge in [0.25, 0.3) is 0 Å². The van der Waals surface area contributed by atoms with E-state index in [0.717, 1.165) is 0 Å². The number of benzene rings is 1. The Morgan fingerprint density at radius 2 is 2.00 bits per heavy atom. The van der Waals surface area contributed by atoms with Crippen molar-refractivity contribution in [2.24, 2.45) is 0 Å². The Bertz CT molecular complexity index is 624. The lowest BCUT2D eigenvalue weighted by molar-refractivity contribution is -0.0501. The summed E-state index contributed by atoms with van der Waals surface area (Å²) in [7, 11) is 0. The summed E-state index contributed by atoms with van der Waals surface area (Å²) in [4.78, 5) is 12.2. The third-order valence-electron chi connectivity index (χ3n) is 2.94. The maximum atomic E-state index is 12.3. The summed E-state index contributed by atoms with van der Waals surface area (Å²) in [6.07, 6.45) is 1.83. The molecule has 1 aromatic carbocycles. The highest BCUT2D eigenvalue weighted by atomic mass is 19.3. The minimum Gasteiger partial charge on any atom is -0.434 e. The van der Waals surface area contributed by atoms with Crippen LogP contribution < -0.4 is 4.74 Å². The van der Waals surface area contributed by atoms with E-state index in [0.29, 0.717) is 5.69 Å². The molecule has 4 nitrogen and oxygen atoms in total. The van der Waals surface area contributed by atoms with Gasteiger partial charge in [-0.2, -0.15) is 13.9 Å². The zero-order valence-corrected chi connectivity index (χ0v) is 11.8. The zero-order valence-electron chi connectivity index (χ0n) is 11.8. The summed E-state index contributed by atoms with van der Waals surface area (Å²) in [5.74, 6) is -0.416. The quantitative estimate of drug-likeness (QED) is 0.766. The molecule has 0 atom stereocenters. The molecule has 0 aliphatic heterocycles. The van der Waals surface area contributed by atoms with Crippen LogP contribution in [-0.4, -0.2) is 22.2 Å². The van der Waals surface area contributed by atoms with Crippen LogP contribution in [0.15, 0.2) is 36.5 Å². The van der Waals surface area contributed by atoms with Crippen LogP contribution in [0, 0.1) is 0 Å². The summed E-state index contributed by atoms with van der Waals surface area (Å²) in [6, 6.07) is 7.92. The van der Waals surface area contributed by atoms with Crippen molar-refractivity contribution in [2.45, 2.75) is 32.9 Å². The van der Waals surface area contributed by atoms with Gasteiger partial charge >= 0.3 is 6.61 Å². The van der Waals surface area contributed by atoms with Gasteiger partial charge in [0.1, 0.15) is 5.75 Å². The van der Waals surface area contributed by atoms with Crippen molar-refractivity contribution in [3.05, 3.63) is 47.8 Å². The second-order valence-electron chi connectivity index (χ2n) is 4.86. The third-order valence-corrected chi connectivity index (χ3v) is 2.94. The second-order valence-corrected chi connectivity index (χ2v) is 4.86. The van der Waals surface area contributed by atoms with E-state index < -0.39 is 6.61 Å². The fraction of sp³-hybridized carbons (Fsp3) is 0.333. The highest BCUT2D eigenvalue weighted by Gasteiger charge is 2.16. The Balaban J connectivity index is 2.16. The monoisotopic (exact) mass is 294 g/mol. The van der Waals surface area contributed by atoms with E-state index in [1.807, 2.05) is 13.8 Å². The molecular formula is C15H16F2N2O2. The lowest BCUT2D eigenvalue weighted by Gasteiger charge is -2.09. The number of alkyl halides is 2. The predicted octanol–water partition coefficient (Wildman–Crippen LogP) is 3.49. The first-order chi connectivity index (χ1) is 9.97. The van der Waals surface area contributed by atoms with Crippen molar-refractivity contribution >= 4 is 5.78 Å². The summed E-state index contributed by atoms with van der Waals surface area (Å²) < 4.78 is 30.8. The molecule has 2 aromatic rings. The van der Waals surface area contributed by atoms with E-state index in [-0.39, 0.29) is 29.6 Å².